The Morgan fingerprint density at radius 2 is 1.64 bits per heavy atom. The summed E-state index contributed by atoms with van der Waals surface area (Å²) >= 11 is 1.71. The topological polar surface area (TPSA) is 68.2 Å². The van der Waals surface area contributed by atoms with Gasteiger partial charge in [0, 0.05) is 47.2 Å². The summed E-state index contributed by atoms with van der Waals surface area (Å²) in [5.74, 6) is -0.417. The normalized spacial score (nSPS) is 13.4. The highest BCUT2D eigenvalue weighted by Crippen LogP contribution is 2.23. The van der Waals surface area contributed by atoms with Crippen molar-refractivity contribution in [2.24, 2.45) is 0 Å². The van der Waals surface area contributed by atoms with E-state index >= 15 is 0 Å². The van der Waals surface area contributed by atoms with Crippen LogP contribution in [0, 0.1) is 5.41 Å². The Bertz CT molecular complexity index is 1090. The van der Waals surface area contributed by atoms with E-state index in [1.807, 2.05) is 42.5 Å². The molecule has 0 radical (unpaired) electrons. The number of carbonyl (C=O) groups excluding carboxylic acids is 1. The quantitative estimate of drug-likeness (QED) is 0.285. The van der Waals surface area contributed by atoms with Crippen LogP contribution in [0.1, 0.15) is 30.4 Å². The molecule has 0 aromatic heterocycles. The molecule has 1 heterocycles. The summed E-state index contributed by atoms with van der Waals surface area (Å²) in [7, 11) is 0. The maximum absolute atomic E-state index is 12.8. The first-order chi connectivity index (χ1) is 16.1. The standard InChI is InChI=1S/C27H30N4OS/c1-33-23-15-9-20(10-16-23)19-29-25-8-4-3-7-24(25)26(28)27(32)30-21-11-13-22(14-12-21)31-17-5-2-6-18-31/h3-4,7-16,28-29H,2,5-6,17-19H2,1H3,(H,30,32). The lowest BCUT2D eigenvalue weighted by atomic mass is 10.1. The molecule has 0 aliphatic carbocycles. The summed E-state index contributed by atoms with van der Waals surface area (Å²) in [4.78, 5) is 16.4. The number of piperidine rings is 1. The molecule has 5 nitrogen and oxygen atoms in total. The van der Waals surface area contributed by atoms with Crippen LogP contribution >= 0.6 is 11.8 Å². The van der Waals surface area contributed by atoms with E-state index in [1.165, 1.54) is 29.8 Å². The lowest BCUT2D eigenvalue weighted by molar-refractivity contribution is -0.110. The number of para-hydroxylation sites is 1. The summed E-state index contributed by atoms with van der Waals surface area (Å²) in [5.41, 5.74) is 4.32. The van der Waals surface area contributed by atoms with Crippen molar-refractivity contribution >= 4 is 40.4 Å². The van der Waals surface area contributed by atoms with Crippen molar-refractivity contribution in [3.63, 3.8) is 0 Å². The van der Waals surface area contributed by atoms with Crippen molar-refractivity contribution in [2.45, 2.75) is 30.7 Å². The van der Waals surface area contributed by atoms with Gasteiger partial charge in [0.15, 0.2) is 0 Å². The molecule has 1 saturated heterocycles. The van der Waals surface area contributed by atoms with Gasteiger partial charge in [-0.15, -0.1) is 11.8 Å². The van der Waals surface area contributed by atoms with Crippen LogP contribution in [0.3, 0.4) is 0 Å². The van der Waals surface area contributed by atoms with Crippen molar-refractivity contribution in [3.05, 3.63) is 83.9 Å². The van der Waals surface area contributed by atoms with Crippen LogP contribution in [0.2, 0.25) is 0 Å². The van der Waals surface area contributed by atoms with Gasteiger partial charge in [-0.25, -0.2) is 0 Å². The first-order valence-corrected chi connectivity index (χ1v) is 12.6. The summed E-state index contributed by atoms with van der Waals surface area (Å²) in [6.45, 7) is 2.79. The van der Waals surface area contributed by atoms with Crippen molar-refractivity contribution in [3.8, 4) is 0 Å². The average molecular weight is 459 g/mol. The number of hydrogen-bond acceptors (Lipinski definition) is 5. The van der Waals surface area contributed by atoms with Gasteiger partial charge in [0.25, 0.3) is 5.91 Å². The Balaban J connectivity index is 1.39. The number of amides is 1. The van der Waals surface area contributed by atoms with E-state index in [1.54, 1.807) is 17.8 Å². The molecule has 1 aliphatic rings. The molecule has 33 heavy (non-hydrogen) atoms. The van der Waals surface area contributed by atoms with Gasteiger partial charge in [-0.2, -0.15) is 0 Å². The molecule has 0 saturated carbocycles. The minimum atomic E-state index is -0.417. The minimum Gasteiger partial charge on any atom is -0.380 e. The molecule has 0 atom stereocenters. The van der Waals surface area contributed by atoms with Crippen LogP contribution in [-0.4, -0.2) is 31.0 Å². The number of nitrogens with one attached hydrogen (secondary N) is 3. The molecule has 6 heteroatoms. The number of anilines is 3. The second-order valence-electron chi connectivity index (χ2n) is 8.17. The average Bonchev–Trinajstić information content (AvgIpc) is 2.88. The Labute approximate surface area is 200 Å². The van der Waals surface area contributed by atoms with Gasteiger partial charge in [0.2, 0.25) is 0 Å². The Morgan fingerprint density at radius 3 is 2.33 bits per heavy atom. The van der Waals surface area contributed by atoms with Crippen LogP contribution in [0.15, 0.2) is 77.7 Å². The molecule has 3 aromatic rings. The first-order valence-electron chi connectivity index (χ1n) is 11.3. The van der Waals surface area contributed by atoms with Crippen molar-refractivity contribution < 1.29 is 4.79 Å². The fourth-order valence-electron chi connectivity index (χ4n) is 4.02. The maximum Gasteiger partial charge on any atom is 0.274 e. The lowest BCUT2D eigenvalue weighted by Gasteiger charge is -2.28. The molecule has 3 aromatic carbocycles. The second-order valence-corrected chi connectivity index (χ2v) is 9.05. The number of benzene rings is 3. The molecule has 4 rings (SSSR count). The van der Waals surface area contributed by atoms with Gasteiger partial charge in [-0.3, -0.25) is 10.2 Å². The van der Waals surface area contributed by atoms with Crippen LogP contribution in [0.25, 0.3) is 0 Å². The molecule has 170 valence electrons. The van der Waals surface area contributed by atoms with E-state index in [4.69, 9.17) is 5.41 Å². The van der Waals surface area contributed by atoms with Gasteiger partial charge < -0.3 is 15.5 Å². The number of hydrogen-bond donors (Lipinski definition) is 3. The largest absolute Gasteiger partial charge is 0.380 e. The Hall–Kier alpha value is -3.25. The molecule has 1 fully saturated rings. The van der Waals surface area contributed by atoms with Gasteiger partial charge in [-0.1, -0.05) is 30.3 Å². The highest BCUT2D eigenvalue weighted by atomic mass is 32.2. The van der Waals surface area contributed by atoms with Gasteiger partial charge in [0.1, 0.15) is 5.71 Å². The number of rotatable bonds is 8. The van der Waals surface area contributed by atoms with Crippen LogP contribution in [-0.2, 0) is 11.3 Å². The number of nitrogens with zero attached hydrogens (tertiary/aromatic N) is 1. The molecule has 0 spiro atoms. The zero-order chi connectivity index (χ0) is 23.0. The van der Waals surface area contributed by atoms with Gasteiger partial charge >= 0.3 is 0 Å². The van der Waals surface area contributed by atoms with E-state index in [9.17, 15) is 4.79 Å². The third-order valence-electron chi connectivity index (χ3n) is 5.91. The number of thioether (sulfide) groups is 1. The highest BCUT2D eigenvalue weighted by Gasteiger charge is 2.16. The van der Waals surface area contributed by atoms with Crippen molar-refractivity contribution in [1.29, 1.82) is 5.41 Å². The molecular weight excluding hydrogens is 428 g/mol. The fraction of sp³-hybridized carbons (Fsp3) is 0.259. The summed E-state index contributed by atoms with van der Waals surface area (Å²) in [5, 5.41) is 14.8. The van der Waals surface area contributed by atoms with Crippen LogP contribution in [0.4, 0.5) is 17.1 Å². The molecule has 0 unspecified atom stereocenters. The summed E-state index contributed by atoms with van der Waals surface area (Å²) in [6, 6.07) is 23.8. The molecule has 1 amide bonds. The SMILES string of the molecule is CSc1ccc(CNc2ccccc2C(=N)C(=O)Nc2ccc(N3CCCCC3)cc2)cc1. The Morgan fingerprint density at radius 1 is 0.939 bits per heavy atom. The molecular formula is C27H30N4OS. The predicted molar refractivity (Wildman–Crippen MR) is 140 cm³/mol. The van der Waals surface area contributed by atoms with E-state index < -0.39 is 5.91 Å². The minimum absolute atomic E-state index is 0.0593. The van der Waals surface area contributed by atoms with E-state index in [0.717, 1.165) is 24.3 Å². The second kappa shape index (κ2) is 11.1. The third kappa shape index (κ3) is 5.96. The number of carbonyl (C=O) groups is 1. The highest BCUT2D eigenvalue weighted by molar-refractivity contribution is 7.98. The smallest absolute Gasteiger partial charge is 0.274 e. The maximum atomic E-state index is 12.8. The first kappa shape index (κ1) is 22.9. The van der Waals surface area contributed by atoms with Gasteiger partial charge in [-0.05, 0) is 73.5 Å². The summed E-state index contributed by atoms with van der Waals surface area (Å²) in [6.07, 6.45) is 5.81. The van der Waals surface area contributed by atoms with Crippen molar-refractivity contribution in [1.82, 2.24) is 0 Å². The monoisotopic (exact) mass is 458 g/mol. The van der Waals surface area contributed by atoms with E-state index in [-0.39, 0.29) is 5.71 Å². The van der Waals surface area contributed by atoms with Crippen LogP contribution in [0.5, 0.6) is 0 Å². The predicted octanol–water partition coefficient (Wildman–Crippen LogP) is 6.02. The third-order valence-corrected chi connectivity index (χ3v) is 6.66. The van der Waals surface area contributed by atoms with Crippen molar-refractivity contribution in [2.75, 3.05) is 34.9 Å². The zero-order valence-electron chi connectivity index (χ0n) is 18.9. The Kier molecular flexibility index (Phi) is 7.68. The molecule has 1 aliphatic heterocycles. The van der Waals surface area contributed by atoms with Gasteiger partial charge in [0.05, 0.1) is 0 Å². The van der Waals surface area contributed by atoms with E-state index in [2.05, 4.69) is 46.1 Å². The molecule has 3 N–H and O–H groups in total. The zero-order valence-corrected chi connectivity index (χ0v) is 19.8. The van der Waals surface area contributed by atoms with E-state index in [0.29, 0.717) is 17.8 Å². The fourth-order valence-corrected chi connectivity index (χ4v) is 4.43. The molecule has 0 bridgehead atoms. The summed E-state index contributed by atoms with van der Waals surface area (Å²) < 4.78 is 0. The lowest BCUT2D eigenvalue weighted by Crippen LogP contribution is -2.29. The van der Waals surface area contributed by atoms with Crippen LogP contribution < -0.4 is 15.5 Å².